The highest BCUT2D eigenvalue weighted by Gasteiger charge is 2.21. The molecule has 0 fully saturated rings. The molecular weight excluding hydrogens is 324 g/mol. The van der Waals surface area contributed by atoms with Crippen molar-refractivity contribution in [3.05, 3.63) is 35.5 Å². The molecule has 7 heteroatoms. The highest BCUT2D eigenvalue weighted by molar-refractivity contribution is 7.13. The van der Waals surface area contributed by atoms with E-state index in [4.69, 9.17) is 0 Å². The van der Waals surface area contributed by atoms with E-state index in [0.29, 0.717) is 5.69 Å². The summed E-state index contributed by atoms with van der Waals surface area (Å²) >= 11 is 1.44. The molecule has 1 atom stereocenters. The maximum absolute atomic E-state index is 12.1. The third-order valence-electron chi connectivity index (χ3n) is 3.05. The van der Waals surface area contributed by atoms with Gasteiger partial charge in [0.05, 0.1) is 17.8 Å². The van der Waals surface area contributed by atoms with E-state index in [-0.39, 0.29) is 23.8 Å². The lowest BCUT2D eigenvalue weighted by atomic mass is 10.1. The van der Waals surface area contributed by atoms with Crippen LogP contribution >= 0.6 is 11.3 Å². The van der Waals surface area contributed by atoms with Gasteiger partial charge in [-0.25, -0.2) is 4.98 Å². The number of thiazole rings is 1. The van der Waals surface area contributed by atoms with Gasteiger partial charge >= 0.3 is 0 Å². The summed E-state index contributed by atoms with van der Waals surface area (Å²) in [5, 5.41) is 8.15. The second-order valence-corrected chi connectivity index (χ2v) is 7.42. The standard InChI is InChI=1S/C17H22N4O2S/c1-11(15(23)21-17(2,3)4)19-14(22)9-12-10-24-16(20-12)13-7-5-6-8-18-13/h5-8,10-11H,9H2,1-4H3,(H,19,22)(H,21,23)/t11-/m0/s1. The van der Waals surface area contributed by atoms with Gasteiger partial charge in [0.25, 0.3) is 0 Å². The average molecular weight is 346 g/mol. The fourth-order valence-electron chi connectivity index (χ4n) is 2.00. The van der Waals surface area contributed by atoms with Gasteiger partial charge in [0.1, 0.15) is 11.0 Å². The Bertz CT molecular complexity index is 707. The molecule has 0 saturated carbocycles. The summed E-state index contributed by atoms with van der Waals surface area (Å²) in [5.41, 5.74) is 1.12. The summed E-state index contributed by atoms with van der Waals surface area (Å²) in [4.78, 5) is 32.8. The molecule has 0 radical (unpaired) electrons. The van der Waals surface area contributed by atoms with Crippen molar-refractivity contribution < 1.29 is 9.59 Å². The molecule has 2 aromatic rings. The van der Waals surface area contributed by atoms with E-state index >= 15 is 0 Å². The molecule has 0 unspecified atom stereocenters. The number of nitrogens with zero attached hydrogens (tertiary/aromatic N) is 2. The van der Waals surface area contributed by atoms with Crippen molar-refractivity contribution >= 4 is 23.2 Å². The van der Waals surface area contributed by atoms with Crippen molar-refractivity contribution in [3.8, 4) is 10.7 Å². The number of aromatic nitrogens is 2. The Morgan fingerprint density at radius 3 is 2.67 bits per heavy atom. The molecule has 0 aliphatic heterocycles. The van der Waals surface area contributed by atoms with Crippen molar-refractivity contribution in [1.82, 2.24) is 20.6 Å². The van der Waals surface area contributed by atoms with Crippen molar-refractivity contribution in [2.75, 3.05) is 0 Å². The monoisotopic (exact) mass is 346 g/mol. The molecule has 0 aliphatic carbocycles. The molecule has 6 nitrogen and oxygen atoms in total. The number of hydrogen-bond donors (Lipinski definition) is 2. The average Bonchev–Trinajstić information content (AvgIpc) is 2.94. The first kappa shape index (κ1) is 18.1. The second kappa shape index (κ2) is 7.53. The molecule has 0 bridgehead atoms. The predicted octanol–water partition coefficient (Wildman–Crippen LogP) is 2.17. The highest BCUT2D eigenvalue weighted by Crippen LogP contribution is 2.21. The molecule has 2 N–H and O–H groups in total. The number of rotatable bonds is 5. The summed E-state index contributed by atoms with van der Waals surface area (Å²) in [5.74, 6) is -0.437. The van der Waals surface area contributed by atoms with E-state index in [1.54, 1.807) is 13.1 Å². The van der Waals surface area contributed by atoms with E-state index in [2.05, 4.69) is 20.6 Å². The number of hydrogen-bond acceptors (Lipinski definition) is 5. The van der Waals surface area contributed by atoms with Crippen LogP contribution in [0.2, 0.25) is 0 Å². The van der Waals surface area contributed by atoms with Crippen molar-refractivity contribution in [1.29, 1.82) is 0 Å². The van der Waals surface area contributed by atoms with Crippen LogP contribution in [0.15, 0.2) is 29.8 Å². The van der Waals surface area contributed by atoms with Crippen molar-refractivity contribution in [3.63, 3.8) is 0 Å². The van der Waals surface area contributed by atoms with Crippen molar-refractivity contribution in [2.24, 2.45) is 0 Å². The van der Waals surface area contributed by atoms with Gasteiger partial charge in [0, 0.05) is 17.1 Å². The van der Waals surface area contributed by atoms with Gasteiger partial charge in [-0.05, 0) is 39.8 Å². The zero-order valence-electron chi connectivity index (χ0n) is 14.3. The summed E-state index contributed by atoms with van der Waals surface area (Å²) in [6, 6.07) is 5.02. The molecule has 0 aliphatic rings. The van der Waals surface area contributed by atoms with E-state index < -0.39 is 6.04 Å². The van der Waals surface area contributed by atoms with Crippen LogP contribution in [0.5, 0.6) is 0 Å². The lowest BCUT2D eigenvalue weighted by Crippen LogP contribution is -2.51. The fourth-order valence-corrected chi connectivity index (χ4v) is 2.79. The van der Waals surface area contributed by atoms with Crippen LogP contribution in [-0.4, -0.2) is 33.4 Å². The highest BCUT2D eigenvalue weighted by atomic mass is 32.1. The first-order chi connectivity index (χ1) is 11.2. The summed E-state index contributed by atoms with van der Waals surface area (Å²) in [6.07, 6.45) is 1.84. The largest absolute Gasteiger partial charge is 0.350 e. The van der Waals surface area contributed by atoms with E-state index in [0.717, 1.165) is 10.7 Å². The normalized spacial score (nSPS) is 12.5. The van der Waals surface area contributed by atoms with Gasteiger partial charge < -0.3 is 10.6 Å². The first-order valence-electron chi connectivity index (χ1n) is 7.72. The first-order valence-corrected chi connectivity index (χ1v) is 8.60. The topological polar surface area (TPSA) is 84.0 Å². The minimum Gasteiger partial charge on any atom is -0.350 e. The number of nitrogens with one attached hydrogen (secondary N) is 2. The fraction of sp³-hybridized carbons (Fsp3) is 0.412. The van der Waals surface area contributed by atoms with Gasteiger partial charge in [0.2, 0.25) is 11.8 Å². The second-order valence-electron chi connectivity index (χ2n) is 6.56. The molecular formula is C17H22N4O2S. The molecule has 2 amide bonds. The minimum atomic E-state index is -0.592. The molecule has 2 aromatic heterocycles. The molecule has 2 heterocycles. The maximum Gasteiger partial charge on any atom is 0.242 e. The molecule has 0 spiro atoms. The zero-order valence-corrected chi connectivity index (χ0v) is 15.1. The van der Waals surface area contributed by atoms with Crippen LogP contribution in [0, 0.1) is 0 Å². The molecule has 0 aromatic carbocycles. The number of carbonyl (C=O) groups is 2. The van der Waals surface area contributed by atoms with Gasteiger partial charge in [-0.15, -0.1) is 11.3 Å². The van der Waals surface area contributed by atoms with Gasteiger partial charge in [-0.3, -0.25) is 14.6 Å². The van der Waals surface area contributed by atoms with E-state index in [1.165, 1.54) is 11.3 Å². The number of pyridine rings is 1. The summed E-state index contributed by atoms with van der Waals surface area (Å²) < 4.78 is 0. The van der Waals surface area contributed by atoms with Crippen LogP contribution in [0.3, 0.4) is 0 Å². The van der Waals surface area contributed by atoms with Crippen LogP contribution in [-0.2, 0) is 16.0 Å². The van der Waals surface area contributed by atoms with Gasteiger partial charge in [-0.1, -0.05) is 6.07 Å². The zero-order chi connectivity index (χ0) is 17.7. The Morgan fingerprint density at radius 1 is 1.29 bits per heavy atom. The van der Waals surface area contributed by atoms with Crippen LogP contribution in [0.1, 0.15) is 33.4 Å². The molecule has 24 heavy (non-hydrogen) atoms. The molecule has 2 rings (SSSR count). The Labute approximate surface area is 145 Å². The maximum atomic E-state index is 12.1. The van der Waals surface area contributed by atoms with E-state index in [9.17, 15) is 9.59 Å². The summed E-state index contributed by atoms with van der Waals surface area (Å²) in [6.45, 7) is 7.36. The Kier molecular flexibility index (Phi) is 5.66. The van der Waals surface area contributed by atoms with Gasteiger partial charge in [0.15, 0.2) is 0 Å². The smallest absolute Gasteiger partial charge is 0.242 e. The molecule has 128 valence electrons. The Balaban J connectivity index is 1.91. The summed E-state index contributed by atoms with van der Waals surface area (Å²) in [7, 11) is 0. The number of carbonyl (C=O) groups excluding carboxylic acids is 2. The van der Waals surface area contributed by atoms with Crippen LogP contribution in [0.4, 0.5) is 0 Å². The number of amides is 2. The third kappa shape index (κ3) is 5.42. The minimum absolute atomic E-state index is 0.135. The lowest BCUT2D eigenvalue weighted by molar-refractivity contribution is -0.129. The van der Waals surface area contributed by atoms with Crippen molar-refractivity contribution in [2.45, 2.75) is 45.7 Å². The predicted molar refractivity (Wildman–Crippen MR) is 94.5 cm³/mol. The van der Waals surface area contributed by atoms with Crippen LogP contribution < -0.4 is 10.6 Å². The van der Waals surface area contributed by atoms with Crippen LogP contribution in [0.25, 0.3) is 10.7 Å². The Hall–Kier alpha value is -2.28. The third-order valence-corrected chi connectivity index (χ3v) is 3.96. The lowest BCUT2D eigenvalue weighted by Gasteiger charge is -2.23. The van der Waals surface area contributed by atoms with Gasteiger partial charge in [-0.2, -0.15) is 0 Å². The Morgan fingerprint density at radius 2 is 2.04 bits per heavy atom. The van der Waals surface area contributed by atoms with E-state index in [1.807, 2.05) is 44.4 Å². The molecule has 0 saturated heterocycles. The quantitative estimate of drug-likeness (QED) is 0.869. The SMILES string of the molecule is C[C@H](NC(=O)Cc1csc(-c2ccccn2)n1)C(=O)NC(C)(C)C.